The Labute approximate surface area is 132 Å². The third-order valence-electron chi connectivity index (χ3n) is 3.39. The Balaban J connectivity index is 1.74. The van der Waals surface area contributed by atoms with Gasteiger partial charge in [0.05, 0.1) is 7.11 Å². The van der Waals surface area contributed by atoms with Crippen LogP contribution >= 0.6 is 0 Å². The first-order chi connectivity index (χ1) is 10.8. The predicted octanol–water partition coefficient (Wildman–Crippen LogP) is 2.60. The van der Waals surface area contributed by atoms with Crippen LogP contribution in [-0.4, -0.2) is 26.7 Å². The first-order valence-corrected chi connectivity index (χ1v) is 7.43. The first-order valence-electron chi connectivity index (χ1n) is 7.43. The van der Waals surface area contributed by atoms with Crippen LogP contribution in [0, 0.1) is 0 Å². The summed E-state index contributed by atoms with van der Waals surface area (Å²) in [6, 6.07) is 18.4. The van der Waals surface area contributed by atoms with Gasteiger partial charge in [0, 0.05) is 20.1 Å². The van der Waals surface area contributed by atoms with Crippen molar-refractivity contribution in [3.63, 3.8) is 0 Å². The van der Waals surface area contributed by atoms with E-state index in [4.69, 9.17) is 4.74 Å². The van der Waals surface area contributed by atoms with Crippen LogP contribution in [0.15, 0.2) is 59.6 Å². The number of nitrogens with zero attached hydrogens (tertiary/aromatic N) is 1. The fraction of sp³-hybridized carbons (Fsp3) is 0.278. The molecule has 2 N–H and O–H groups in total. The van der Waals surface area contributed by atoms with E-state index in [1.807, 2.05) is 30.3 Å². The summed E-state index contributed by atoms with van der Waals surface area (Å²) in [6.45, 7) is 1.60. The summed E-state index contributed by atoms with van der Waals surface area (Å²) in [4.78, 5) is 4.24. The molecule has 116 valence electrons. The van der Waals surface area contributed by atoms with E-state index >= 15 is 0 Å². The maximum Gasteiger partial charge on any atom is 0.191 e. The molecule has 22 heavy (non-hydrogen) atoms. The normalized spacial score (nSPS) is 11.1. The van der Waals surface area contributed by atoms with Crippen molar-refractivity contribution in [2.75, 3.05) is 20.7 Å². The minimum absolute atomic E-state index is 0.767. The molecule has 2 aromatic carbocycles. The lowest BCUT2D eigenvalue weighted by Gasteiger charge is -2.12. The fourth-order valence-electron chi connectivity index (χ4n) is 2.12. The number of hydrogen-bond donors (Lipinski definition) is 2. The molecule has 0 radical (unpaired) electrons. The highest BCUT2D eigenvalue weighted by atomic mass is 16.5. The van der Waals surface area contributed by atoms with Gasteiger partial charge in [0.2, 0.25) is 0 Å². The Kier molecular flexibility index (Phi) is 6.30. The summed E-state index contributed by atoms with van der Waals surface area (Å²) in [6.07, 6.45) is 0.941. The summed E-state index contributed by atoms with van der Waals surface area (Å²) < 4.78 is 5.16. The zero-order chi connectivity index (χ0) is 15.6. The average molecular weight is 297 g/mol. The molecular weight excluding hydrogens is 274 g/mol. The van der Waals surface area contributed by atoms with Crippen LogP contribution in [0.2, 0.25) is 0 Å². The zero-order valence-electron chi connectivity index (χ0n) is 13.2. The second-order valence-corrected chi connectivity index (χ2v) is 4.94. The zero-order valence-corrected chi connectivity index (χ0v) is 13.2. The Morgan fingerprint density at radius 1 is 0.955 bits per heavy atom. The maximum absolute atomic E-state index is 5.16. The lowest BCUT2D eigenvalue weighted by molar-refractivity contribution is 0.414. The minimum Gasteiger partial charge on any atom is -0.497 e. The molecule has 0 atom stereocenters. The van der Waals surface area contributed by atoms with Gasteiger partial charge >= 0.3 is 0 Å². The third kappa shape index (κ3) is 5.13. The molecule has 0 aliphatic carbocycles. The van der Waals surface area contributed by atoms with Gasteiger partial charge in [-0.1, -0.05) is 42.5 Å². The smallest absolute Gasteiger partial charge is 0.191 e. The van der Waals surface area contributed by atoms with Gasteiger partial charge in [-0.05, 0) is 29.7 Å². The van der Waals surface area contributed by atoms with E-state index in [9.17, 15) is 0 Å². The second kappa shape index (κ2) is 8.72. The number of benzene rings is 2. The number of methoxy groups -OCH3 is 1. The number of ether oxygens (including phenoxy) is 1. The molecule has 0 spiro atoms. The monoisotopic (exact) mass is 297 g/mol. The molecule has 0 aliphatic heterocycles. The van der Waals surface area contributed by atoms with Gasteiger partial charge in [-0.25, -0.2) is 0 Å². The molecule has 0 aliphatic rings. The van der Waals surface area contributed by atoms with E-state index in [2.05, 4.69) is 39.9 Å². The van der Waals surface area contributed by atoms with Gasteiger partial charge in [-0.2, -0.15) is 0 Å². The molecule has 0 unspecified atom stereocenters. The van der Waals surface area contributed by atoms with Crippen LogP contribution in [0.3, 0.4) is 0 Å². The standard InChI is InChI=1S/C18H23N3O/c1-19-18(21-14-16-6-4-3-5-7-16)20-13-12-15-8-10-17(22-2)11-9-15/h3-11H,12-14H2,1-2H3,(H2,19,20,21). The van der Waals surface area contributed by atoms with Gasteiger partial charge in [-0.3, -0.25) is 4.99 Å². The van der Waals surface area contributed by atoms with Crippen molar-refractivity contribution in [2.24, 2.45) is 4.99 Å². The van der Waals surface area contributed by atoms with Gasteiger partial charge in [0.15, 0.2) is 5.96 Å². The van der Waals surface area contributed by atoms with E-state index < -0.39 is 0 Å². The quantitative estimate of drug-likeness (QED) is 0.636. The Bertz CT molecular complexity index is 579. The highest BCUT2D eigenvalue weighted by Crippen LogP contribution is 2.11. The van der Waals surface area contributed by atoms with Crippen LogP contribution in [0.1, 0.15) is 11.1 Å². The first kappa shape index (κ1) is 15.9. The maximum atomic E-state index is 5.16. The molecule has 0 saturated carbocycles. The van der Waals surface area contributed by atoms with Gasteiger partial charge in [0.25, 0.3) is 0 Å². The van der Waals surface area contributed by atoms with Gasteiger partial charge < -0.3 is 15.4 Å². The lowest BCUT2D eigenvalue weighted by Crippen LogP contribution is -2.37. The summed E-state index contributed by atoms with van der Waals surface area (Å²) >= 11 is 0. The second-order valence-electron chi connectivity index (χ2n) is 4.94. The molecule has 2 aromatic rings. The SMILES string of the molecule is CN=C(NCCc1ccc(OC)cc1)NCc1ccccc1. The van der Waals surface area contributed by atoms with E-state index in [1.165, 1.54) is 11.1 Å². The predicted molar refractivity (Wildman–Crippen MR) is 91.3 cm³/mol. The van der Waals surface area contributed by atoms with Crippen molar-refractivity contribution < 1.29 is 4.74 Å². The van der Waals surface area contributed by atoms with E-state index in [0.29, 0.717) is 0 Å². The summed E-state index contributed by atoms with van der Waals surface area (Å²) in [5.74, 6) is 1.70. The lowest BCUT2D eigenvalue weighted by atomic mass is 10.1. The van der Waals surface area contributed by atoms with Crippen molar-refractivity contribution in [1.29, 1.82) is 0 Å². The number of guanidine groups is 1. The molecule has 0 saturated heterocycles. The summed E-state index contributed by atoms with van der Waals surface area (Å²) in [7, 11) is 3.46. The minimum atomic E-state index is 0.767. The van der Waals surface area contributed by atoms with Crippen LogP contribution in [0.5, 0.6) is 5.75 Å². The molecular formula is C18H23N3O. The van der Waals surface area contributed by atoms with Gasteiger partial charge in [-0.15, -0.1) is 0 Å². The van der Waals surface area contributed by atoms with Crippen molar-refractivity contribution in [3.05, 3.63) is 65.7 Å². The Hall–Kier alpha value is -2.49. The van der Waals surface area contributed by atoms with Crippen molar-refractivity contribution >= 4 is 5.96 Å². The van der Waals surface area contributed by atoms with E-state index in [0.717, 1.165) is 31.2 Å². The van der Waals surface area contributed by atoms with Crippen LogP contribution in [-0.2, 0) is 13.0 Å². The number of hydrogen-bond acceptors (Lipinski definition) is 2. The molecule has 2 rings (SSSR count). The highest BCUT2D eigenvalue weighted by Gasteiger charge is 1.99. The molecule has 0 fully saturated rings. The topological polar surface area (TPSA) is 45.7 Å². The van der Waals surface area contributed by atoms with Crippen molar-refractivity contribution in [1.82, 2.24) is 10.6 Å². The number of nitrogens with one attached hydrogen (secondary N) is 2. The van der Waals surface area contributed by atoms with E-state index in [-0.39, 0.29) is 0 Å². The van der Waals surface area contributed by atoms with Crippen molar-refractivity contribution in [2.45, 2.75) is 13.0 Å². The van der Waals surface area contributed by atoms with Crippen LogP contribution in [0.25, 0.3) is 0 Å². The molecule has 0 amide bonds. The van der Waals surface area contributed by atoms with Crippen LogP contribution < -0.4 is 15.4 Å². The fourth-order valence-corrected chi connectivity index (χ4v) is 2.12. The Morgan fingerprint density at radius 2 is 1.68 bits per heavy atom. The molecule has 0 aromatic heterocycles. The third-order valence-corrected chi connectivity index (χ3v) is 3.39. The molecule has 4 heteroatoms. The molecule has 0 heterocycles. The highest BCUT2D eigenvalue weighted by molar-refractivity contribution is 5.79. The average Bonchev–Trinajstić information content (AvgIpc) is 2.59. The summed E-state index contributed by atoms with van der Waals surface area (Å²) in [5.41, 5.74) is 2.51. The van der Waals surface area contributed by atoms with Crippen molar-refractivity contribution in [3.8, 4) is 5.75 Å². The van der Waals surface area contributed by atoms with E-state index in [1.54, 1.807) is 14.2 Å². The van der Waals surface area contributed by atoms with Crippen LogP contribution in [0.4, 0.5) is 0 Å². The summed E-state index contributed by atoms with van der Waals surface area (Å²) in [5, 5.41) is 6.63. The largest absolute Gasteiger partial charge is 0.497 e. The molecule has 0 bridgehead atoms. The number of rotatable bonds is 6. The van der Waals surface area contributed by atoms with Gasteiger partial charge in [0.1, 0.15) is 5.75 Å². The molecule has 4 nitrogen and oxygen atoms in total. The number of aliphatic imine (C=N–C) groups is 1. The Morgan fingerprint density at radius 3 is 2.32 bits per heavy atom.